The normalized spacial score (nSPS) is 34.2. The molecule has 0 aliphatic carbocycles. The van der Waals surface area contributed by atoms with Crippen LogP contribution in [0.3, 0.4) is 0 Å². The Hall–Kier alpha value is 0.120. The van der Waals surface area contributed by atoms with Crippen LogP contribution < -0.4 is 5.32 Å². The van der Waals surface area contributed by atoms with E-state index in [9.17, 15) is 8.42 Å². The summed E-state index contributed by atoms with van der Waals surface area (Å²) < 4.78 is 31.6. The van der Waals surface area contributed by atoms with Gasteiger partial charge in [-0.05, 0) is 26.2 Å². The lowest BCUT2D eigenvalue weighted by Crippen LogP contribution is -2.56. The molecule has 2 rings (SSSR count). The number of hydrogen-bond acceptors (Lipinski definition) is 4. The van der Waals surface area contributed by atoms with Crippen LogP contribution in [0, 0.1) is 5.92 Å². The predicted octanol–water partition coefficient (Wildman–Crippen LogP) is 0.457. The molecule has 2 fully saturated rings. The van der Waals surface area contributed by atoms with E-state index in [4.69, 9.17) is 4.74 Å². The van der Waals surface area contributed by atoms with E-state index in [2.05, 4.69) is 5.32 Å². The number of piperazine rings is 1. The van der Waals surface area contributed by atoms with Gasteiger partial charge in [0.1, 0.15) is 0 Å². The van der Waals surface area contributed by atoms with Gasteiger partial charge in [0.05, 0.1) is 12.4 Å². The Kier molecular flexibility index (Phi) is 5.86. The topological polar surface area (TPSA) is 58.6 Å². The zero-order chi connectivity index (χ0) is 12.5. The summed E-state index contributed by atoms with van der Waals surface area (Å²) in [6.45, 7) is 6.59. The fourth-order valence-electron chi connectivity index (χ4n) is 2.48. The second kappa shape index (κ2) is 6.52. The first-order valence-corrected chi connectivity index (χ1v) is 7.90. The monoisotopic (exact) mass is 298 g/mol. The fourth-order valence-corrected chi connectivity index (χ4v) is 4.61. The van der Waals surface area contributed by atoms with Crippen LogP contribution in [-0.2, 0) is 14.8 Å². The molecule has 2 heterocycles. The molecule has 0 aromatic rings. The molecule has 0 saturated carbocycles. The summed E-state index contributed by atoms with van der Waals surface area (Å²) >= 11 is 0. The second-order valence-corrected chi connectivity index (χ2v) is 7.20. The van der Waals surface area contributed by atoms with E-state index >= 15 is 0 Å². The van der Waals surface area contributed by atoms with E-state index in [1.54, 1.807) is 4.31 Å². The maximum atomic E-state index is 12.3. The molecule has 3 atom stereocenters. The Bertz CT molecular complexity index is 357. The second-order valence-electron chi connectivity index (χ2n) is 5.24. The van der Waals surface area contributed by atoms with Crippen molar-refractivity contribution in [2.24, 2.45) is 5.92 Å². The number of ether oxygens (including phenoxy) is 1. The van der Waals surface area contributed by atoms with Crippen molar-refractivity contribution in [3.63, 3.8) is 0 Å². The summed E-state index contributed by atoms with van der Waals surface area (Å²) in [4.78, 5) is 0. The Morgan fingerprint density at radius 3 is 2.72 bits per heavy atom. The average molecular weight is 299 g/mol. The predicted molar refractivity (Wildman–Crippen MR) is 73.6 cm³/mol. The summed E-state index contributed by atoms with van der Waals surface area (Å²) in [6, 6.07) is 0.291. The largest absolute Gasteiger partial charge is 0.381 e. The maximum absolute atomic E-state index is 12.3. The van der Waals surface area contributed by atoms with E-state index in [1.807, 2.05) is 13.8 Å². The Labute approximate surface area is 116 Å². The highest BCUT2D eigenvalue weighted by Gasteiger charge is 2.34. The Morgan fingerprint density at radius 1 is 1.39 bits per heavy atom. The first-order valence-electron chi connectivity index (χ1n) is 6.29. The number of nitrogens with zero attached hydrogens (tertiary/aromatic N) is 1. The van der Waals surface area contributed by atoms with Crippen molar-refractivity contribution in [3.05, 3.63) is 0 Å². The van der Waals surface area contributed by atoms with Gasteiger partial charge >= 0.3 is 0 Å². The van der Waals surface area contributed by atoms with Crippen LogP contribution in [0.1, 0.15) is 20.3 Å². The highest BCUT2D eigenvalue weighted by Crippen LogP contribution is 2.20. The smallest absolute Gasteiger partial charge is 0.214 e. The lowest BCUT2D eigenvalue weighted by Gasteiger charge is -2.36. The molecule has 2 aliphatic heterocycles. The fraction of sp³-hybridized carbons (Fsp3) is 1.00. The van der Waals surface area contributed by atoms with E-state index in [0.717, 1.165) is 13.0 Å². The van der Waals surface area contributed by atoms with Crippen molar-refractivity contribution in [3.8, 4) is 0 Å². The van der Waals surface area contributed by atoms with Gasteiger partial charge in [0.15, 0.2) is 0 Å². The molecule has 0 aromatic heterocycles. The molecule has 7 heteroatoms. The molecule has 3 unspecified atom stereocenters. The molecule has 18 heavy (non-hydrogen) atoms. The van der Waals surface area contributed by atoms with Gasteiger partial charge in [0.2, 0.25) is 10.0 Å². The van der Waals surface area contributed by atoms with Gasteiger partial charge in [-0.15, -0.1) is 12.4 Å². The van der Waals surface area contributed by atoms with Crippen molar-refractivity contribution in [1.29, 1.82) is 0 Å². The molecule has 0 bridgehead atoms. The average Bonchev–Trinajstić information content (AvgIpc) is 2.73. The molecule has 5 nitrogen and oxygen atoms in total. The van der Waals surface area contributed by atoms with Crippen molar-refractivity contribution in [1.82, 2.24) is 9.62 Å². The van der Waals surface area contributed by atoms with E-state index in [0.29, 0.717) is 19.8 Å². The third kappa shape index (κ3) is 3.81. The van der Waals surface area contributed by atoms with Gasteiger partial charge < -0.3 is 10.1 Å². The molecule has 0 radical (unpaired) electrons. The molecular weight excluding hydrogens is 276 g/mol. The van der Waals surface area contributed by atoms with Crippen LogP contribution in [0.5, 0.6) is 0 Å². The van der Waals surface area contributed by atoms with Gasteiger partial charge in [-0.3, -0.25) is 0 Å². The number of sulfonamides is 1. The summed E-state index contributed by atoms with van der Waals surface area (Å²) in [5.74, 6) is 0.418. The number of nitrogens with one attached hydrogen (secondary N) is 1. The number of rotatable bonds is 3. The van der Waals surface area contributed by atoms with Crippen molar-refractivity contribution >= 4 is 22.4 Å². The quantitative estimate of drug-likeness (QED) is 0.822. The van der Waals surface area contributed by atoms with Crippen LogP contribution in [0.4, 0.5) is 0 Å². The Balaban J connectivity index is 0.00000162. The standard InChI is InChI=1S/C11H22N2O3S.ClH/c1-9-6-13(10(2)5-12-9)17(14,15)8-11-3-4-16-7-11;/h9-12H,3-8H2,1-2H3;1H. The molecule has 2 aliphatic rings. The van der Waals surface area contributed by atoms with Crippen LogP contribution in [0.25, 0.3) is 0 Å². The zero-order valence-corrected chi connectivity index (χ0v) is 12.6. The Morgan fingerprint density at radius 2 is 2.11 bits per heavy atom. The van der Waals surface area contributed by atoms with Gasteiger partial charge in [-0.1, -0.05) is 0 Å². The lowest BCUT2D eigenvalue weighted by molar-refractivity contribution is 0.187. The molecule has 0 aromatic carbocycles. The molecule has 0 amide bonds. The third-order valence-corrected chi connectivity index (χ3v) is 5.65. The molecule has 2 saturated heterocycles. The SMILES string of the molecule is CC1CN(S(=O)(=O)CC2CCOC2)C(C)CN1.Cl. The van der Waals surface area contributed by atoms with Crippen molar-refractivity contribution in [2.45, 2.75) is 32.4 Å². The first-order chi connectivity index (χ1) is 7.99. The zero-order valence-electron chi connectivity index (χ0n) is 11.0. The minimum absolute atomic E-state index is 0. The maximum Gasteiger partial charge on any atom is 0.214 e. The van der Waals surface area contributed by atoms with E-state index < -0.39 is 10.0 Å². The summed E-state index contributed by atoms with van der Waals surface area (Å²) in [5.41, 5.74) is 0. The van der Waals surface area contributed by atoms with Gasteiger partial charge in [0, 0.05) is 31.8 Å². The lowest BCUT2D eigenvalue weighted by atomic mass is 10.2. The van der Waals surface area contributed by atoms with Gasteiger partial charge in [-0.25, -0.2) is 8.42 Å². The minimum Gasteiger partial charge on any atom is -0.381 e. The highest BCUT2D eigenvalue weighted by molar-refractivity contribution is 7.89. The van der Waals surface area contributed by atoms with E-state index in [1.165, 1.54) is 0 Å². The van der Waals surface area contributed by atoms with Gasteiger partial charge in [0.25, 0.3) is 0 Å². The first kappa shape index (κ1) is 16.2. The summed E-state index contributed by atoms with van der Waals surface area (Å²) in [5, 5.41) is 3.30. The van der Waals surface area contributed by atoms with Crippen LogP contribution >= 0.6 is 12.4 Å². The van der Waals surface area contributed by atoms with Crippen molar-refractivity contribution < 1.29 is 13.2 Å². The minimum atomic E-state index is -3.14. The summed E-state index contributed by atoms with van der Waals surface area (Å²) in [7, 11) is -3.14. The van der Waals surface area contributed by atoms with Crippen LogP contribution in [0.2, 0.25) is 0 Å². The molecular formula is C11H23ClN2O3S. The van der Waals surface area contributed by atoms with E-state index in [-0.39, 0.29) is 36.2 Å². The summed E-state index contributed by atoms with van der Waals surface area (Å²) in [6.07, 6.45) is 0.870. The number of halogens is 1. The third-order valence-electron chi connectivity index (χ3n) is 3.53. The van der Waals surface area contributed by atoms with Crippen LogP contribution in [0.15, 0.2) is 0 Å². The highest BCUT2D eigenvalue weighted by atomic mass is 35.5. The van der Waals surface area contributed by atoms with Crippen molar-refractivity contribution in [2.75, 3.05) is 32.1 Å². The van der Waals surface area contributed by atoms with Crippen LogP contribution in [-0.4, -0.2) is 56.9 Å². The molecule has 0 spiro atoms. The molecule has 108 valence electrons. The number of hydrogen-bond donors (Lipinski definition) is 1. The molecule has 1 N–H and O–H groups in total. The van der Waals surface area contributed by atoms with Gasteiger partial charge in [-0.2, -0.15) is 4.31 Å².